The molecule has 5 rings (SSSR count). The summed E-state index contributed by atoms with van der Waals surface area (Å²) in [6, 6.07) is 20.4. The van der Waals surface area contributed by atoms with E-state index in [-0.39, 0.29) is 11.8 Å². The number of carbonyl (C=O) groups excluding carboxylic acids is 2. The summed E-state index contributed by atoms with van der Waals surface area (Å²) >= 11 is 0. The van der Waals surface area contributed by atoms with Crippen molar-refractivity contribution in [3.05, 3.63) is 94.5 Å². The second-order valence-electron chi connectivity index (χ2n) is 9.52. The van der Waals surface area contributed by atoms with E-state index in [1.54, 1.807) is 18.2 Å². The molecule has 0 bridgehead atoms. The van der Waals surface area contributed by atoms with Gasteiger partial charge in [0.1, 0.15) is 0 Å². The zero-order chi connectivity index (χ0) is 26.8. The van der Waals surface area contributed by atoms with Crippen LogP contribution in [0.25, 0.3) is 10.9 Å². The van der Waals surface area contributed by atoms with Crippen LogP contribution in [0.5, 0.6) is 5.88 Å². The lowest BCUT2D eigenvalue weighted by Gasteiger charge is -2.32. The number of aromatic nitrogens is 1. The summed E-state index contributed by atoms with van der Waals surface area (Å²) in [7, 11) is 3.40. The van der Waals surface area contributed by atoms with Gasteiger partial charge in [0.15, 0.2) is 5.88 Å². The third-order valence-electron chi connectivity index (χ3n) is 6.96. The molecule has 1 fully saturated rings. The number of aliphatic imine (C=N–C) groups is 1. The molecule has 0 unspecified atom stereocenters. The highest BCUT2D eigenvalue weighted by atomic mass is 16.5. The van der Waals surface area contributed by atoms with E-state index >= 15 is 0 Å². The van der Waals surface area contributed by atoms with E-state index in [1.807, 2.05) is 60.4 Å². The smallest absolute Gasteiger partial charge is 0.338 e. The van der Waals surface area contributed by atoms with E-state index in [0.29, 0.717) is 46.7 Å². The lowest BCUT2D eigenvalue weighted by molar-refractivity contribution is 0.0599. The fraction of sp³-hybridized carbons (Fsp3) is 0.233. The van der Waals surface area contributed by atoms with Gasteiger partial charge in [-0.05, 0) is 55.9 Å². The van der Waals surface area contributed by atoms with Gasteiger partial charge in [-0.15, -0.1) is 0 Å². The van der Waals surface area contributed by atoms with E-state index in [9.17, 15) is 14.7 Å². The molecule has 8 nitrogen and oxygen atoms in total. The Bertz CT molecular complexity index is 1520. The van der Waals surface area contributed by atoms with Crippen LogP contribution in [0.15, 0.2) is 71.7 Å². The number of benzene rings is 3. The molecule has 0 spiro atoms. The molecule has 0 saturated carbocycles. The number of nitrogens with one attached hydrogen (secondary N) is 1. The number of esters is 1. The molecule has 4 aromatic rings. The van der Waals surface area contributed by atoms with Gasteiger partial charge in [0.25, 0.3) is 5.91 Å². The fourth-order valence-corrected chi connectivity index (χ4v) is 4.77. The van der Waals surface area contributed by atoms with Crippen molar-refractivity contribution in [2.75, 3.05) is 40.3 Å². The molecule has 1 aliphatic heterocycles. The first-order valence-electron chi connectivity index (χ1n) is 12.5. The summed E-state index contributed by atoms with van der Waals surface area (Å²) in [6.45, 7) is 4.98. The zero-order valence-corrected chi connectivity index (χ0v) is 21.7. The van der Waals surface area contributed by atoms with Crippen molar-refractivity contribution in [2.45, 2.75) is 6.92 Å². The standard InChI is InChI=1S/C30H30N4O4/c1-19-17-24-25(18-23(19)30(37)38-3)32-28(35)26(24)27(20-7-5-4-6-8-20)31-22-11-9-21(10-12-22)29(36)34-15-13-33(2)14-16-34/h4-12,17-18,32,35H,13-16H2,1-3H3. The number of ether oxygens (including phenoxy) is 1. The van der Waals surface area contributed by atoms with E-state index in [2.05, 4.69) is 16.9 Å². The van der Waals surface area contributed by atoms with Gasteiger partial charge in [0.05, 0.1) is 29.6 Å². The first kappa shape index (κ1) is 25.2. The Morgan fingerprint density at radius 2 is 1.63 bits per heavy atom. The number of H-pyrrole nitrogens is 1. The van der Waals surface area contributed by atoms with Crippen molar-refractivity contribution in [1.82, 2.24) is 14.8 Å². The third-order valence-corrected chi connectivity index (χ3v) is 6.96. The highest BCUT2D eigenvalue weighted by Gasteiger charge is 2.22. The Kier molecular flexibility index (Phi) is 6.98. The SMILES string of the molecule is COC(=O)c1cc2[nH]c(O)c(C(=Nc3ccc(C(=O)N4CCN(C)CC4)cc3)c3ccccc3)c2cc1C. The molecule has 1 aliphatic rings. The minimum Gasteiger partial charge on any atom is -0.494 e. The lowest BCUT2D eigenvalue weighted by atomic mass is 9.98. The second kappa shape index (κ2) is 10.5. The topological polar surface area (TPSA) is 98.2 Å². The number of piperazine rings is 1. The normalized spacial score (nSPS) is 14.6. The van der Waals surface area contributed by atoms with Crippen LogP contribution >= 0.6 is 0 Å². The molecule has 38 heavy (non-hydrogen) atoms. The van der Waals surface area contributed by atoms with Gasteiger partial charge in [0, 0.05) is 48.2 Å². The van der Waals surface area contributed by atoms with Gasteiger partial charge in [-0.3, -0.25) is 4.79 Å². The summed E-state index contributed by atoms with van der Waals surface area (Å²) in [5.41, 5.74) is 4.93. The van der Waals surface area contributed by atoms with Gasteiger partial charge in [-0.1, -0.05) is 30.3 Å². The maximum absolute atomic E-state index is 13.0. The average molecular weight is 511 g/mol. The van der Waals surface area contributed by atoms with E-state index in [1.165, 1.54) is 7.11 Å². The van der Waals surface area contributed by atoms with Gasteiger partial charge in [-0.25, -0.2) is 9.79 Å². The number of aromatic hydroxyl groups is 1. The minimum absolute atomic E-state index is 0.0167. The molecule has 1 saturated heterocycles. The minimum atomic E-state index is -0.441. The predicted molar refractivity (Wildman–Crippen MR) is 148 cm³/mol. The Balaban J connectivity index is 1.55. The molecule has 0 atom stereocenters. The van der Waals surface area contributed by atoms with Crippen LogP contribution in [-0.4, -0.2) is 77.8 Å². The average Bonchev–Trinajstić information content (AvgIpc) is 3.25. The Hall–Kier alpha value is -4.43. The molecule has 1 aromatic heterocycles. The summed E-state index contributed by atoms with van der Waals surface area (Å²) in [5.74, 6) is -0.475. The molecule has 194 valence electrons. The van der Waals surface area contributed by atoms with Crippen molar-refractivity contribution in [2.24, 2.45) is 4.99 Å². The third kappa shape index (κ3) is 4.90. The van der Waals surface area contributed by atoms with Crippen molar-refractivity contribution >= 4 is 34.2 Å². The van der Waals surface area contributed by atoms with Crippen LogP contribution < -0.4 is 0 Å². The molecule has 0 radical (unpaired) electrons. The number of aromatic amines is 1. The number of fused-ring (bicyclic) bond motifs is 1. The van der Waals surface area contributed by atoms with E-state index < -0.39 is 5.97 Å². The first-order valence-corrected chi connectivity index (χ1v) is 12.5. The van der Waals surface area contributed by atoms with Gasteiger partial charge in [0.2, 0.25) is 0 Å². The Morgan fingerprint density at radius 3 is 2.29 bits per heavy atom. The maximum atomic E-state index is 13.0. The lowest BCUT2D eigenvalue weighted by Crippen LogP contribution is -2.47. The Labute approximate surface area is 221 Å². The largest absolute Gasteiger partial charge is 0.494 e. The highest BCUT2D eigenvalue weighted by Crippen LogP contribution is 2.33. The van der Waals surface area contributed by atoms with E-state index in [4.69, 9.17) is 9.73 Å². The molecule has 2 heterocycles. The van der Waals surface area contributed by atoms with Crippen LogP contribution in [0.4, 0.5) is 5.69 Å². The summed E-state index contributed by atoms with van der Waals surface area (Å²) < 4.78 is 4.90. The van der Waals surface area contributed by atoms with Crippen LogP contribution in [0, 0.1) is 6.92 Å². The van der Waals surface area contributed by atoms with Crippen LogP contribution in [0.1, 0.15) is 37.4 Å². The van der Waals surface area contributed by atoms with Crippen LogP contribution in [0.2, 0.25) is 0 Å². The van der Waals surface area contributed by atoms with Gasteiger partial charge >= 0.3 is 5.97 Å². The summed E-state index contributed by atoms with van der Waals surface area (Å²) in [4.78, 5) is 37.2. The monoisotopic (exact) mass is 510 g/mol. The number of methoxy groups -OCH3 is 1. The molecule has 2 N–H and O–H groups in total. The highest BCUT2D eigenvalue weighted by molar-refractivity contribution is 6.22. The van der Waals surface area contributed by atoms with Crippen molar-refractivity contribution < 1.29 is 19.4 Å². The van der Waals surface area contributed by atoms with Gasteiger partial charge in [-0.2, -0.15) is 0 Å². The second-order valence-corrected chi connectivity index (χ2v) is 9.52. The molecule has 3 aromatic carbocycles. The summed E-state index contributed by atoms with van der Waals surface area (Å²) in [5, 5.41) is 11.7. The fourth-order valence-electron chi connectivity index (χ4n) is 4.77. The number of nitrogens with zero attached hydrogens (tertiary/aromatic N) is 3. The van der Waals surface area contributed by atoms with Crippen LogP contribution in [-0.2, 0) is 4.74 Å². The van der Waals surface area contributed by atoms with Crippen molar-refractivity contribution in [3.63, 3.8) is 0 Å². The molecular weight excluding hydrogens is 480 g/mol. The number of hydrogen-bond acceptors (Lipinski definition) is 6. The molecule has 1 amide bonds. The van der Waals surface area contributed by atoms with Crippen molar-refractivity contribution in [1.29, 1.82) is 0 Å². The predicted octanol–water partition coefficient (Wildman–Crippen LogP) is 4.53. The van der Waals surface area contributed by atoms with E-state index in [0.717, 1.165) is 29.6 Å². The van der Waals surface area contributed by atoms with Gasteiger partial charge < -0.3 is 24.6 Å². The number of rotatable bonds is 5. The number of aryl methyl sites for hydroxylation is 1. The van der Waals surface area contributed by atoms with Crippen LogP contribution in [0.3, 0.4) is 0 Å². The molecular formula is C30H30N4O4. The van der Waals surface area contributed by atoms with Crippen molar-refractivity contribution in [3.8, 4) is 5.88 Å². The summed E-state index contributed by atoms with van der Waals surface area (Å²) in [6.07, 6.45) is 0. The number of carbonyl (C=O) groups is 2. The quantitative estimate of drug-likeness (QED) is 0.304. The molecule has 0 aliphatic carbocycles. The number of likely N-dealkylation sites (N-methyl/N-ethyl adjacent to an activating group) is 1. The molecule has 8 heteroatoms. The Morgan fingerprint density at radius 1 is 0.947 bits per heavy atom. The maximum Gasteiger partial charge on any atom is 0.338 e. The zero-order valence-electron chi connectivity index (χ0n) is 21.7. The first-order chi connectivity index (χ1) is 18.4. The number of amides is 1. The number of hydrogen-bond donors (Lipinski definition) is 2.